The second kappa shape index (κ2) is 7.48. The fraction of sp³-hybridized carbons (Fsp3) is 0.150. The van der Waals surface area contributed by atoms with Crippen LogP contribution in [-0.2, 0) is 19.2 Å². The highest BCUT2D eigenvalue weighted by atomic mass is 35.5. The second-order valence-corrected chi connectivity index (χ2v) is 11.3. The molecule has 3 aromatic carbocycles. The SMILES string of the molecule is O=C(Nc1ccc2ccccc2c1)C(C1CS(=O)(=O)c2ccc(Cl)cc21)P(=O)(O)O. The molecule has 1 aliphatic heterocycles. The molecule has 1 heterocycles. The van der Waals surface area contributed by atoms with Crippen molar-refractivity contribution in [2.24, 2.45) is 0 Å². The van der Waals surface area contributed by atoms with Crippen molar-refractivity contribution >= 4 is 51.4 Å². The third-order valence-corrected chi connectivity index (χ3v) is 8.53. The van der Waals surface area contributed by atoms with E-state index in [1.54, 1.807) is 18.2 Å². The van der Waals surface area contributed by atoms with Gasteiger partial charge in [-0.05, 0) is 46.7 Å². The molecule has 2 unspecified atom stereocenters. The zero-order valence-corrected chi connectivity index (χ0v) is 17.9. The molecule has 7 nitrogen and oxygen atoms in total. The molecular weight excluding hydrogens is 449 g/mol. The number of rotatable bonds is 4. The van der Waals surface area contributed by atoms with E-state index < -0.39 is 40.7 Å². The van der Waals surface area contributed by atoms with Crippen LogP contribution >= 0.6 is 19.2 Å². The Morgan fingerprint density at radius 2 is 1.77 bits per heavy atom. The van der Waals surface area contributed by atoms with Crippen molar-refractivity contribution in [3.8, 4) is 0 Å². The van der Waals surface area contributed by atoms with Crippen molar-refractivity contribution in [1.29, 1.82) is 0 Å². The lowest BCUT2D eigenvalue weighted by Gasteiger charge is -2.24. The number of carbonyl (C=O) groups excluding carboxylic acids is 1. The average Bonchev–Trinajstić information content (AvgIpc) is 2.90. The van der Waals surface area contributed by atoms with E-state index in [2.05, 4.69) is 5.32 Å². The minimum absolute atomic E-state index is 0.0612. The Balaban J connectivity index is 1.73. The number of hydrogen-bond donors (Lipinski definition) is 3. The maximum atomic E-state index is 13.0. The first-order valence-electron chi connectivity index (χ1n) is 8.93. The van der Waals surface area contributed by atoms with E-state index in [1.807, 2.05) is 24.3 Å². The van der Waals surface area contributed by atoms with Gasteiger partial charge in [0.15, 0.2) is 9.84 Å². The number of amides is 1. The molecule has 10 heteroatoms. The van der Waals surface area contributed by atoms with Gasteiger partial charge in [-0.25, -0.2) is 8.42 Å². The van der Waals surface area contributed by atoms with Gasteiger partial charge in [-0.1, -0.05) is 41.9 Å². The van der Waals surface area contributed by atoms with Gasteiger partial charge in [-0.15, -0.1) is 0 Å². The summed E-state index contributed by atoms with van der Waals surface area (Å²) in [6.07, 6.45) is 0. The van der Waals surface area contributed by atoms with Gasteiger partial charge in [0.05, 0.1) is 10.6 Å². The van der Waals surface area contributed by atoms with E-state index in [0.29, 0.717) is 5.69 Å². The zero-order valence-electron chi connectivity index (χ0n) is 15.4. The topological polar surface area (TPSA) is 121 Å². The smallest absolute Gasteiger partial charge is 0.325 e. The van der Waals surface area contributed by atoms with Crippen LogP contribution in [0.3, 0.4) is 0 Å². The molecule has 0 spiro atoms. The Bertz CT molecular complexity index is 1320. The summed E-state index contributed by atoms with van der Waals surface area (Å²) in [5.74, 6) is -2.75. The van der Waals surface area contributed by atoms with Gasteiger partial charge in [0.2, 0.25) is 5.91 Å². The number of nitrogens with one attached hydrogen (secondary N) is 1. The van der Waals surface area contributed by atoms with Gasteiger partial charge in [-0.2, -0.15) is 0 Å². The molecule has 156 valence electrons. The predicted octanol–water partition coefficient (Wildman–Crippen LogP) is 3.55. The largest absolute Gasteiger partial charge is 0.338 e. The monoisotopic (exact) mass is 465 g/mol. The quantitative estimate of drug-likeness (QED) is 0.507. The number of carbonyl (C=O) groups is 1. The minimum Gasteiger partial charge on any atom is -0.325 e. The first-order chi connectivity index (χ1) is 14.1. The molecule has 1 aliphatic rings. The molecule has 0 aliphatic carbocycles. The molecular formula is C20H17ClNO6PS. The van der Waals surface area contributed by atoms with Crippen LogP contribution in [-0.4, -0.2) is 35.5 Å². The van der Waals surface area contributed by atoms with E-state index in [0.717, 1.165) is 10.8 Å². The van der Waals surface area contributed by atoms with Crippen LogP contribution in [0.25, 0.3) is 10.8 Å². The van der Waals surface area contributed by atoms with Crippen LogP contribution in [0.2, 0.25) is 5.02 Å². The fourth-order valence-electron chi connectivity index (χ4n) is 3.82. The molecule has 2 atom stereocenters. The lowest BCUT2D eigenvalue weighted by molar-refractivity contribution is -0.116. The fourth-order valence-corrected chi connectivity index (χ4v) is 7.12. The number of benzene rings is 3. The first kappa shape index (κ1) is 21.0. The lowest BCUT2D eigenvalue weighted by atomic mass is 9.97. The van der Waals surface area contributed by atoms with Crippen molar-refractivity contribution in [1.82, 2.24) is 0 Å². The Morgan fingerprint density at radius 3 is 2.47 bits per heavy atom. The summed E-state index contributed by atoms with van der Waals surface area (Å²) in [5, 5.41) is 4.52. The van der Waals surface area contributed by atoms with Gasteiger partial charge < -0.3 is 15.1 Å². The molecule has 0 saturated heterocycles. The third-order valence-electron chi connectivity index (χ3n) is 5.13. The van der Waals surface area contributed by atoms with Gasteiger partial charge in [0, 0.05) is 16.6 Å². The molecule has 0 aromatic heterocycles. The summed E-state index contributed by atoms with van der Waals surface area (Å²) in [7, 11) is -8.81. The van der Waals surface area contributed by atoms with Crippen LogP contribution in [0.4, 0.5) is 5.69 Å². The maximum Gasteiger partial charge on any atom is 0.338 e. The molecule has 3 N–H and O–H groups in total. The van der Waals surface area contributed by atoms with E-state index in [9.17, 15) is 27.6 Å². The molecule has 1 amide bonds. The number of anilines is 1. The van der Waals surface area contributed by atoms with Crippen LogP contribution in [0.5, 0.6) is 0 Å². The van der Waals surface area contributed by atoms with Crippen LogP contribution < -0.4 is 5.32 Å². The zero-order chi connectivity index (χ0) is 21.7. The number of hydrogen-bond acceptors (Lipinski definition) is 4. The Morgan fingerprint density at radius 1 is 1.07 bits per heavy atom. The van der Waals surface area contributed by atoms with Gasteiger partial charge >= 0.3 is 7.60 Å². The van der Waals surface area contributed by atoms with Crippen molar-refractivity contribution in [3.63, 3.8) is 0 Å². The Hall–Kier alpha value is -2.22. The lowest BCUT2D eigenvalue weighted by Crippen LogP contribution is -2.34. The van der Waals surface area contributed by atoms with E-state index in [4.69, 9.17) is 11.6 Å². The highest BCUT2D eigenvalue weighted by Crippen LogP contribution is 2.52. The average molecular weight is 466 g/mol. The number of halogens is 1. The summed E-state index contributed by atoms with van der Waals surface area (Å²) >= 11 is 5.98. The second-order valence-electron chi connectivity index (χ2n) is 7.16. The van der Waals surface area contributed by atoms with Crippen molar-refractivity contribution < 1.29 is 27.6 Å². The van der Waals surface area contributed by atoms with Gasteiger partial charge in [0.1, 0.15) is 5.66 Å². The molecule has 30 heavy (non-hydrogen) atoms. The summed E-state index contributed by atoms with van der Waals surface area (Å²) in [4.78, 5) is 32.8. The number of fused-ring (bicyclic) bond motifs is 2. The molecule has 3 aromatic rings. The Labute approximate surface area is 177 Å². The predicted molar refractivity (Wildman–Crippen MR) is 115 cm³/mol. The van der Waals surface area contributed by atoms with Crippen LogP contribution in [0, 0.1) is 0 Å². The molecule has 4 rings (SSSR count). The van der Waals surface area contributed by atoms with Gasteiger partial charge in [0.25, 0.3) is 0 Å². The highest BCUT2D eigenvalue weighted by molar-refractivity contribution is 7.91. The third kappa shape index (κ3) is 3.89. The highest BCUT2D eigenvalue weighted by Gasteiger charge is 2.49. The van der Waals surface area contributed by atoms with Crippen molar-refractivity contribution in [2.75, 3.05) is 11.1 Å². The molecule has 0 saturated carbocycles. The minimum atomic E-state index is -5.01. The van der Waals surface area contributed by atoms with Crippen molar-refractivity contribution in [2.45, 2.75) is 16.5 Å². The summed E-state index contributed by atoms with van der Waals surface area (Å²) in [5.41, 5.74) is -1.38. The van der Waals surface area contributed by atoms with Crippen LogP contribution in [0.15, 0.2) is 65.6 Å². The maximum absolute atomic E-state index is 13.0. The normalized spacial score (nSPS) is 18.7. The summed E-state index contributed by atoms with van der Waals surface area (Å²) < 4.78 is 37.3. The van der Waals surface area contributed by atoms with E-state index in [-0.39, 0.29) is 15.5 Å². The summed E-state index contributed by atoms with van der Waals surface area (Å²) in [6.45, 7) is 0. The first-order valence-corrected chi connectivity index (χ1v) is 12.6. The van der Waals surface area contributed by atoms with Crippen molar-refractivity contribution in [3.05, 3.63) is 71.2 Å². The van der Waals surface area contributed by atoms with Crippen LogP contribution in [0.1, 0.15) is 11.5 Å². The molecule has 0 radical (unpaired) electrons. The van der Waals surface area contributed by atoms with E-state index in [1.165, 1.54) is 18.2 Å². The Kier molecular flexibility index (Phi) is 5.24. The summed E-state index contributed by atoms with van der Waals surface area (Å²) in [6, 6.07) is 16.5. The molecule has 0 fully saturated rings. The van der Waals surface area contributed by atoms with E-state index >= 15 is 0 Å². The number of sulfone groups is 1. The standard InChI is InChI=1S/C20H17ClNO6PS/c21-14-6-8-18-16(10-14)17(11-30(18,27)28)19(29(24,25)26)20(23)22-15-7-5-12-3-1-2-4-13(12)9-15/h1-10,17,19H,11H2,(H,22,23)(H2,24,25,26). The van der Waals surface area contributed by atoms with Gasteiger partial charge in [-0.3, -0.25) is 9.36 Å². The molecule has 0 bridgehead atoms.